The molecule has 32 heavy (non-hydrogen) atoms. The first-order chi connectivity index (χ1) is 15.5. The number of tetrazole rings is 1. The number of fused-ring (bicyclic) bond motifs is 1. The van der Waals surface area contributed by atoms with Gasteiger partial charge in [-0.15, -0.1) is 5.10 Å². The molecule has 170 valence electrons. The zero-order chi connectivity index (χ0) is 22.2. The third-order valence-electron chi connectivity index (χ3n) is 7.35. The summed E-state index contributed by atoms with van der Waals surface area (Å²) < 4.78 is 2.02. The molecule has 2 aliphatic rings. The van der Waals surface area contributed by atoms with Crippen molar-refractivity contribution in [2.45, 2.75) is 58.0 Å². The van der Waals surface area contributed by atoms with Crippen molar-refractivity contribution >= 4 is 10.9 Å². The fourth-order valence-electron chi connectivity index (χ4n) is 5.34. The van der Waals surface area contributed by atoms with Crippen LogP contribution in [0.4, 0.5) is 0 Å². The van der Waals surface area contributed by atoms with Gasteiger partial charge in [0.1, 0.15) is 6.04 Å². The lowest BCUT2D eigenvalue weighted by Crippen LogP contribution is -2.47. The highest BCUT2D eigenvalue weighted by molar-refractivity contribution is 5.85. The molecule has 2 fully saturated rings. The Morgan fingerprint density at radius 2 is 1.75 bits per heavy atom. The minimum atomic E-state index is -0.256. The van der Waals surface area contributed by atoms with Crippen LogP contribution in [0.15, 0.2) is 23.0 Å². The molecule has 1 aliphatic heterocycles. The second-order valence-corrected chi connectivity index (χ2v) is 9.56. The van der Waals surface area contributed by atoms with E-state index in [0.29, 0.717) is 6.04 Å². The van der Waals surface area contributed by atoms with Gasteiger partial charge in [-0.1, -0.05) is 31.4 Å². The van der Waals surface area contributed by atoms with Crippen LogP contribution in [0.25, 0.3) is 10.9 Å². The van der Waals surface area contributed by atoms with E-state index in [1.165, 1.54) is 19.3 Å². The second kappa shape index (κ2) is 8.75. The molecule has 0 radical (unpaired) electrons. The summed E-state index contributed by atoms with van der Waals surface area (Å²) in [5, 5.41) is 14.1. The standard InChI is InChI=1S/C24H33N7O/c1-16-9-10-17(2)21-19(16)15-20(24(32)25-21)22(30-13-11-29(3)12-14-30)23-26-27-28-31(23)18-7-5-4-6-8-18/h9-10,15,18,22H,4-8,11-14H2,1-3H3,(H,25,32)/t22-/m1/s1. The molecular weight excluding hydrogens is 402 g/mol. The number of nitrogens with zero attached hydrogens (tertiary/aromatic N) is 6. The molecule has 8 heteroatoms. The van der Waals surface area contributed by atoms with Crippen LogP contribution in [-0.4, -0.2) is 68.2 Å². The van der Waals surface area contributed by atoms with Gasteiger partial charge >= 0.3 is 0 Å². The third kappa shape index (κ3) is 3.86. The number of pyridine rings is 1. The first kappa shape index (κ1) is 21.3. The van der Waals surface area contributed by atoms with E-state index < -0.39 is 0 Å². The molecule has 8 nitrogen and oxygen atoms in total. The van der Waals surface area contributed by atoms with Gasteiger partial charge in [0.05, 0.1) is 11.6 Å². The van der Waals surface area contributed by atoms with Crippen LogP contribution in [0.2, 0.25) is 0 Å². The molecule has 1 atom stereocenters. The summed E-state index contributed by atoms with van der Waals surface area (Å²) in [5.41, 5.74) is 3.85. The monoisotopic (exact) mass is 435 g/mol. The van der Waals surface area contributed by atoms with Crippen molar-refractivity contribution in [1.29, 1.82) is 0 Å². The van der Waals surface area contributed by atoms with Crippen molar-refractivity contribution in [3.05, 3.63) is 51.1 Å². The zero-order valence-corrected chi connectivity index (χ0v) is 19.3. The minimum Gasteiger partial charge on any atom is -0.321 e. The molecule has 1 saturated carbocycles. The lowest BCUT2D eigenvalue weighted by atomic mass is 9.94. The molecule has 1 aliphatic carbocycles. The Bertz CT molecular complexity index is 1150. The predicted molar refractivity (Wildman–Crippen MR) is 125 cm³/mol. The summed E-state index contributed by atoms with van der Waals surface area (Å²) in [6.45, 7) is 7.82. The van der Waals surface area contributed by atoms with E-state index in [0.717, 1.165) is 72.4 Å². The van der Waals surface area contributed by atoms with Gasteiger partial charge in [0, 0.05) is 37.1 Å². The first-order valence-electron chi connectivity index (χ1n) is 11.9. The molecule has 3 aromatic rings. The summed E-state index contributed by atoms with van der Waals surface area (Å²) in [6, 6.07) is 6.33. The highest BCUT2D eigenvalue weighted by atomic mass is 16.1. The number of nitrogens with one attached hydrogen (secondary N) is 1. The topological polar surface area (TPSA) is 82.9 Å². The number of aromatic nitrogens is 5. The van der Waals surface area contributed by atoms with E-state index in [1.807, 2.05) is 11.6 Å². The quantitative estimate of drug-likeness (QED) is 0.678. The number of rotatable bonds is 4. The lowest BCUT2D eigenvalue weighted by Gasteiger charge is -2.37. The Hall–Kier alpha value is -2.58. The van der Waals surface area contributed by atoms with E-state index in [-0.39, 0.29) is 11.6 Å². The van der Waals surface area contributed by atoms with Gasteiger partial charge in [0.25, 0.3) is 5.56 Å². The van der Waals surface area contributed by atoms with Crippen molar-refractivity contribution < 1.29 is 0 Å². The Morgan fingerprint density at radius 1 is 1.03 bits per heavy atom. The van der Waals surface area contributed by atoms with E-state index in [1.54, 1.807) is 0 Å². The molecule has 5 rings (SSSR count). The fourth-order valence-corrected chi connectivity index (χ4v) is 5.34. The van der Waals surface area contributed by atoms with E-state index in [2.05, 4.69) is 62.5 Å². The van der Waals surface area contributed by atoms with Gasteiger partial charge in [-0.25, -0.2) is 4.68 Å². The van der Waals surface area contributed by atoms with Gasteiger partial charge in [0.2, 0.25) is 0 Å². The van der Waals surface area contributed by atoms with Crippen LogP contribution in [0.3, 0.4) is 0 Å². The molecule has 1 aromatic carbocycles. The molecule has 0 bridgehead atoms. The van der Waals surface area contributed by atoms with E-state index >= 15 is 0 Å². The van der Waals surface area contributed by atoms with Crippen molar-refractivity contribution in [2.75, 3.05) is 33.2 Å². The average molecular weight is 436 g/mol. The van der Waals surface area contributed by atoms with Gasteiger partial charge in [-0.2, -0.15) is 0 Å². The molecule has 3 heterocycles. The lowest BCUT2D eigenvalue weighted by molar-refractivity contribution is 0.119. The van der Waals surface area contributed by atoms with Crippen LogP contribution >= 0.6 is 0 Å². The Balaban J connectivity index is 1.65. The maximum atomic E-state index is 13.5. The number of hydrogen-bond acceptors (Lipinski definition) is 6. The normalized spacial score (nSPS) is 20.1. The van der Waals surface area contributed by atoms with Crippen molar-refractivity contribution in [3.8, 4) is 0 Å². The van der Waals surface area contributed by atoms with Crippen LogP contribution in [0, 0.1) is 13.8 Å². The largest absolute Gasteiger partial charge is 0.321 e. The molecule has 0 amide bonds. The number of piperazine rings is 1. The second-order valence-electron chi connectivity index (χ2n) is 9.56. The number of hydrogen-bond donors (Lipinski definition) is 1. The number of likely N-dealkylation sites (N-methyl/N-ethyl adjacent to an activating group) is 1. The van der Waals surface area contributed by atoms with Crippen molar-refractivity contribution in [1.82, 2.24) is 35.0 Å². The van der Waals surface area contributed by atoms with Crippen LogP contribution < -0.4 is 5.56 Å². The number of benzene rings is 1. The Morgan fingerprint density at radius 3 is 2.50 bits per heavy atom. The maximum Gasteiger partial charge on any atom is 0.253 e. The van der Waals surface area contributed by atoms with Gasteiger partial charge in [-0.05, 0) is 61.4 Å². The molecule has 2 aromatic heterocycles. The number of aromatic amines is 1. The first-order valence-corrected chi connectivity index (χ1v) is 11.9. The maximum absolute atomic E-state index is 13.5. The predicted octanol–water partition coefficient (Wildman–Crippen LogP) is 2.97. The molecule has 1 saturated heterocycles. The summed E-state index contributed by atoms with van der Waals surface area (Å²) in [4.78, 5) is 21.4. The van der Waals surface area contributed by atoms with Gasteiger partial charge in [-0.3, -0.25) is 9.69 Å². The minimum absolute atomic E-state index is 0.0478. The fraction of sp³-hybridized carbons (Fsp3) is 0.583. The van der Waals surface area contributed by atoms with E-state index in [4.69, 9.17) is 0 Å². The third-order valence-corrected chi connectivity index (χ3v) is 7.35. The highest BCUT2D eigenvalue weighted by Gasteiger charge is 2.34. The average Bonchev–Trinajstić information content (AvgIpc) is 3.28. The summed E-state index contributed by atoms with van der Waals surface area (Å²) in [5.74, 6) is 0.802. The van der Waals surface area contributed by atoms with Gasteiger partial charge < -0.3 is 9.88 Å². The van der Waals surface area contributed by atoms with Crippen molar-refractivity contribution in [3.63, 3.8) is 0 Å². The Kier molecular flexibility index (Phi) is 5.82. The van der Waals surface area contributed by atoms with Crippen LogP contribution in [-0.2, 0) is 0 Å². The highest BCUT2D eigenvalue weighted by Crippen LogP contribution is 2.33. The SMILES string of the molecule is Cc1ccc(C)c2[nH]c(=O)c([C@H](c3nnnn3C3CCCCC3)N3CCN(C)CC3)cc12. The molecule has 0 unspecified atom stereocenters. The number of aryl methyl sites for hydroxylation is 2. The zero-order valence-electron chi connectivity index (χ0n) is 19.3. The molecule has 1 N–H and O–H groups in total. The van der Waals surface area contributed by atoms with E-state index in [9.17, 15) is 4.79 Å². The van der Waals surface area contributed by atoms with Crippen molar-refractivity contribution in [2.24, 2.45) is 0 Å². The summed E-state index contributed by atoms with van der Waals surface area (Å²) in [6.07, 6.45) is 5.88. The van der Waals surface area contributed by atoms with Crippen LogP contribution in [0.1, 0.15) is 66.7 Å². The summed E-state index contributed by atoms with van der Waals surface area (Å²) >= 11 is 0. The summed E-state index contributed by atoms with van der Waals surface area (Å²) in [7, 11) is 2.15. The molecular formula is C24H33N7O. The number of H-pyrrole nitrogens is 1. The van der Waals surface area contributed by atoms with Crippen LogP contribution in [0.5, 0.6) is 0 Å². The smallest absolute Gasteiger partial charge is 0.253 e. The Labute approximate surface area is 188 Å². The van der Waals surface area contributed by atoms with Gasteiger partial charge in [0.15, 0.2) is 5.82 Å². The molecule has 0 spiro atoms.